The zero-order valence-electron chi connectivity index (χ0n) is 19.8. The molecular weight excluding hydrogens is 520 g/mol. The smallest absolute Gasteiger partial charge is 0.308 e. The molecule has 1 aliphatic carbocycles. The minimum atomic E-state index is -2.51. The van der Waals surface area contributed by atoms with Crippen molar-refractivity contribution in [2.24, 2.45) is 18.9 Å². The summed E-state index contributed by atoms with van der Waals surface area (Å²) >= 11 is 3.46. The van der Waals surface area contributed by atoms with Crippen LogP contribution in [0.2, 0.25) is 0 Å². The van der Waals surface area contributed by atoms with E-state index in [1.54, 1.807) is 11.1 Å². The van der Waals surface area contributed by atoms with Gasteiger partial charge in [0.2, 0.25) is 0 Å². The van der Waals surface area contributed by atoms with Crippen LogP contribution in [-0.2, 0) is 18.3 Å². The van der Waals surface area contributed by atoms with Gasteiger partial charge in [-0.25, -0.2) is 13.8 Å². The topological polar surface area (TPSA) is 75.4 Å². The number of likely N-dealkylation sites (tertiary alicyclic amines) is 1. The molecule has 2 aliphatic rings. The number of halogens is 3. The van der Waals surface area contributed by atoms with Gasteiger partial charge in [-0.2, -0.15) is 0 Å². The molecule has 1 saturated heterocycles. The second-order valence-corrected chi connectivity index (χ2v) is 10.6. The summed E-state index contributed by atoms with van der Waals surface area (Å²) < 4.78 is 28.5. The van der Waals surface area contributed by atoms with Crippen molar-refractivity contribution < 1.29 is 23.5 Å². The van der Waals surface area contributed by atoms with Crippen LogP contribution in [0.1, 0.15) is 67.4 Å². The number of hydrogen-bond acceptors (Lipinski definition) is 3. The molecule has 9 heteroatoms. The van der Waals surface area contributed by atoms with Crippen LogP contribution in [0, 0.1) is 23.7 Å². The molecule has 2 aromatic rings. The van der Waals surface area contributed by atoms with Gasteiger partial charge in [-0.3, -0.25) is 9.59 Å². The van der Waals surface area contributed by atoms with Crippen LogP contribution >= 0.6 is 15.9 Å². The molecule has 2 fully saturated rings. The fourth-order valence-electron chi connectivity index (χ4n) is 5.01. The maximum atomic E-state index is 13.5. The summed E-state index contributed by atoms with van der Waals surface area (Å²) in [5, 5.41) is 10.1. The molecule has 1 amide bonds. The Balaban J connectivity index is 1.37. The van der Waals surface area contributed by atoms with Crippen molar-refractivity contribution in [3.05, 3.63) is 28.0 Å². The first-order chi connectivity index (χ1) is 16.7. The Morgan fingerprint density at radius 2 is 2.00 bits per heavy atom. The van der Waals surface area contributed by atoms with Crippen LogP contribution in [0.25, 0.3) is 11.0 Å². The molecule has 0 radical (unpaired) electrons. The summed E-state index contributed by atoms with van der Waals surface area (Å²) in [7, 11) is 1.92. The van der Waals surface area contributed by atoms with Crippen molar-refractivity contribution in [3.63, 3.8) is 0 Å². The predicted molar refractivity (Wildman–Crippen MR) is 132 cm³/mol. The van der Waals surface area contributed by atoms with E-state index in [1.807, 2.05) is 17.7 Å². The third-order valence-corrected chi connectivity index (χ3v) is 7.45. The number of carbonyl (C=O) groups is 2. The van der Waals surface area contributed by atoms with Gasteiger partial charge < -0.3 is 14.6 Å². The minimum absolute atomic E-state index is 0.105. The highest BCUT2D eigenvalue weighted by atomic mass is 79.9. The van der Waals surface area contributed by atoms with E-state index in [9.17, 15) is 23.5 Å². The lowest BCUT2D eigenvalue weighted by Gasteiger charge is -2.31. The lowest BCUT2D eigenvalue weighted by atomic mass is 9.82. The van der Waals surface area contributed by atoms with E-state index >= 15 is 0 Å². The number of aromatic nitrogens is 2. The van der Waals surface area contributed by atoms with Gasteiger partial charge >= 0.3 is 5.97 Å². The molecule has 1 atom stereocenters. The summed E-state index contributed by atoms with van der Waals surface area (Å²) in [5.41, 5.74) is 2.27. The van der Waals surface area contributed by atoms with Crippen molar-refractivity contribution in [3.8, 4) is 11.8 Å². The summed E-state index contributed by atoms with van der Waals surface area (Å²) in [6.07, 6.45) is 7.18. The average Bonchev–Trinajstić information content (AvgIpc) is 3.37. The van der Waals surface area contributed by atoms with Gasteiger partial charge in [-0.15, -0.1) is 5.92 Å². The highest BCUT2D eigenvalue weighted by Crippen LogP contribution is 2.41. The Labute approximate surface area is 212 Å². The number of aryl methyl sites for hydroxylation is 1. The molecule has 0 aromatic carbocycles. The lowest BCUT2D eigenvalue weighted by molar-refractivity contribution is -0.141. The molecule has 2 aromatic heterocycles. The number of rotatable bonds is 8. The highest BCUT2D eigenvalue weighted by Gasteiger charge is 2.44. The number of fused-ring (bicyclic) bond motifs is 1. The Morgan fingerprint density at radius 1 is 1.26 bits per heavy atom. The molecule has 1 saturated carbocycles. The van der Waals surface area contributed by atoms with E-state index in [4.69, 9.17) is 0 Å². The monoisotopic (exact) mass is 549 g/mol. The molecule has 0 bridgehead atoms. The summed E-state index contributed by atoms with van der Waals surface area (Å²) in [6, 6.07) is 1.90. The van der Waals surface area contributed by atoms with E-state index in [2.05, 4.69) is 32.8 Å². The first-order valence-corrected chi connectivity index (χ1v) is 13.0. The predicted octanol–water partition coefficient (Wildman–Crippen LogP) is 5.42. The summed E-state index contributed by atoms with van der Waals surface area (Å²) in [4.78, 5) is 31.1. The molecule has 35 heavy (non-hydrogen) atoms. The van der Waals surface area contributed by atoms with Crippen molar-refractivity contribution in [1.82, 2.24) is 14.5 Å². The van der Waals surface area contributed by atoms with Crippen LogP contribution in [0.3, 0.4) is 0 Å². The van der Waals surface area contributed by atoms with Gasteiger partial charge in [0.05, 0.1) is 11.5 Å². The van der Waals surface area contributed by atoms with E-state index < -0.39 is 17.8 Å². The maximum Gasteiger partial charge on any atom is 0.308 e. The van der Waals surface area contributed by atoms with Crippen molar-refractivity contribution in [2.45, 2.75) is 63.7 Å². The number of aliphatic carboxylic acids is 1. The zero-order valence-corrected chi connectivity index (χ0v) is 21.4. The van der Waals surface area contributed by atoms with E-state index in [-0.39, 0.29) is 31.2 Å². The number of nitrogens with zero attached hydrogens (tertiary/aromatic N) is 3. The SMILES string of the molecule is Cn1c(CCCCCCC#CC2CC(F)(F)C2)c(C(=O)N2CCC(C(=O)O)C2)c2cc(Br)cnc21. The number of pyridine rings is 1. The minimum Gasteiger partial charge on any atom is -0.481 e. The molecule has 1 unspecified atom stereocenters. The van der Waals surface area contributed by atoms with Crippen LogP contribution in [0.15, 0.2) is 16.7 Å². The molecule has 188 valence electrons. The van der Waals surface area contributed by atoms with Crippen molar-refractivity contribution in [2.75, 3.05) is 13.1 Å². The van der Waals surface area contributed by atoms with E-state index in [1.165, 1.54) is 0 Å². The third kappa shape index (κ3) is 5.85. The fourth-order valence-corrected chi connectivity index (χ4v) is 5.34. The van der Waals surface area contributed by atoms with Gasteiger partial charge in [0.1, 0.15) is 5.65 Å². The number of carboxylic acids is 1. The molecule has 0 spiro atoms. The quantitative estimate of drug-likeness (QED) is 0.352. The first-order valence-electron chi connectivity index (χ1n) is 12.2. The third-order valence-electron chi connectivity index (χ3n) is 7.01. The summed E-state index contributed by atoms with van der Waals surface area (Å²) in [5.74, 6) is 1.81. The number of amides is 1. The second-order valence-electron chi connectivity index (χ2n) is 9.68. The van der Waals surface area contributed by atoms with Crippen LogP contribution in [0.5, 0.6) is 0 Å². The molecule has 4 rings (SSSR count). The van der Waals surface area contributed by atoms with Gasteiger partial charge in [-0.05, 0) is 47.7 Å². The highest BCUT2D eigenvalue weighted by molar-refractivity contribution is 9.10. The Hall–Kier alpha value is -2.47. The normalized spacial score (nSPS) is 19.4. The number of hydrogen-bond donors (Lipinski definition) is 1. The molecule has 1 N–H and O–H groups in total. The van der Waals surface area contributed by atoms with Crippen LogP contribution in [-0.4, -0.2) is 50.4 Å². The lowest BCUT2D eigenvalue weighted by Crippen LogP contribution is -2.34. The fraction of sp³-hybridized carbons (Fsp3) is 0.577. The standard InChI is InChI=1S/C26H30BrF2N3O3/c1-31-21(9-7-5-3-2-4-6-8-17-13-26(28,29)14-17)22(20-12-19(27)15-30-23(20)31)24(33)32-11-10-18(16-32)25(34)35/h12,15,17-18H,2-5,7,9-11,13-14,16H2,1H3,(H,34,35). The molecular formula is C26H30BrF2N3O3. The van der Waals surface area contributed by atoms with E-state index in [0.717, 1.165) is 53.3 Å². The molecule has 3 heterocycles. The van der Waals surface area contributed by atoms with Crippen molar-refractivity contribution >= 4 is 38.8 Å². The zero-order chi connectivity index (χ0) is 25.2. The number of carboxylic acid groups (broad SMARTS) is 1. The Morgan fingerprint density at radius 3 is 2.69 bits per heavy atom. The molecule has 1 aliphatic heterocycles. The average molecular weight is 550 g/mol. The van der Waals surface area contributed by atoms with Crippen LogP contribution < -0.4 is 0 Å². The molecule has 6 nitrogen and oxygen atoms in total. The van der Waals surface area contributed by atoms with Crippen LogP contribution in [0.4, 0.5) is 8.78 Å². The second kappa shape index (κ2) is 10.7. The van der Waals surface area contributed by atoms with Gasteiger partial charge in [-0.1, -0.05) is 18.8 Å². The van der Waals surface area contributed by atoms with Gasteiger partial charge in [0, 0.05) is 67.1 Å². The Kier molecular flexibility index (Phi) is 7.80. The van der Waals surface area contributed by atoms with Crippen molar-refractivity contribution in [1.29, 1.82) is 0 Å². The number of alkyl halides is 2. The summed E-state index contributed by atoms with van der Waals surface area (Å²) in [6.45, 7) is 0.664. The van der Waals surface area contributed by atoms with E-state index in [0.29, 0.717) is 24.9 Å². The first kappa shape index (κ1) is 25.6. The number of carbonyl (C=O) groups excluding carboxylic acids is 1. The Bertz CT molecular complexity index is 1180. The van der Waals surface area contributed by atoms with Gasteiger partial charge in [0.25, 0.3) is 11.8 Å². The van der Waals surface area contributed by atoms with Gasteiger partial charge in [0.15, 0.2) is 0 Å². The maximum absolute atomic E-state index is 13.5. The largest absolute Gasteiger partial charge is 0.481 e. The number of unbranched alkanes of at least 4 members (excludes halogenated alkanes) is 4.